The van der Waals surface area contributed by atoms with Crippen molar-refractivity contribution in [1.29, 1.82) is 0 Å². The maximum atomic E-state index is 12.9. The van der Waals surface area contributed by atoms with E-state index in [0.717, 1.165) is 16.2 Å². The molecule has 1 amide bonds. The smallest absolute Gasteiger partial charge is 0.271 e. The zero-order valence-electron chi connectivity index (χ0n) is 14.2. The fraction of sp³-hybridized carbons (Fsp3) is 0.333. The van der Waals surface area contributed by atoms with Gasteiger partial charge in [0.05, 0.1) is 31.6 Å². The minimum atomic E-state index is -0.0840. The average Bonchev–Trinajstić information content (AvgIpc) is 3.23. The van der Waals surface area contributed by atoms with E-state index < -0.39 is 0 Å². The van der Waals surface area contributed by atoms with Gasteiger partial charge in [0.1, 0.15) is 5.69 Å². The van der Waals surface area contributed by atoms with Gasteiger partial charge in [0, 0.05) is 35.8 Å². The predicted octanol–water partition coefficient (Wildman–Crippen LogP) is 3.20. The number of hydrogen-bond acceptors (Lipinski definition) is 5. The quantitative estimate of drug-likeness (QED) is 0.685. The lowest BCUT2D eigenvalue weighted by Crippen LogP contribution is -2.41. The molecule has 136 valence electrons. The molecule has 26 heavy (non-hydrogen) atoms. The van der Waals surface area contributed by atoms with Gasteiger partial charge in [-0.25, -0.2) is 4.98 Å². The highest BCUT2D eigenvalue weighted by Gasteiger charge is 2.23. The maximum absolute atomic E-state index is 12.9. The Balaban J connectivity index is 1.56. The summed E-state index contributed by atoms with van der Waals surface area (Å²) in [5.74, 6) is -0.0644. The predicted molar refractivity (Wildman–Crippen MR) is 101 cm³/mol. The van der Waals surface area contributed by atoms with Gasteiger partial charge in [-0.2, -0.15) is 0 Å². The molecule has 6 nitrogen and oxygen atoms in total. The summed E-state index contributed by atoms with van der Waals surface area (Å²) in [5.41, 5.74) is 2.37. The number of nitrogens with zero attached hydrogens (tertiary/aromatic N) is 3. The molecule has 0 saturated carbocycles. The van der Waals surface area contributed by atoms with Gasteiger partial charge in [-0.1, -0.05) is 23.7 Å². The Kier molecular flexibility index (Phi) is 4.95. The zero-order valence-corrected chi connectivity index (χ0v) is 15.8. The number of fused-ring (bicyclic) bond motifs is 1. The molecule has 0 radical (unpaired) electrons. The molecule has 0 unspecified atom stereocenters. The third kappa shape index (κ3) is 3.48. The molecule has 1 aromatic carbocycles. The third-order valence-corrected chi connectivity index (χ3v) is 5.37. The van der Waals surface area contributed by atoms with Crippen LogP contribution in [0.3, 0.4) is 0 Å². The molecule has 2 aromatic heterocycles. The van der Waals surface area contributed by atoms with Crippen molar-refractivity contribution in [3.63, 3.8) is 0 Å². The Labute approximate surface area is 159 Å². The van der Waals surface area contributed by atoms with Gasteiger partial charge in [0.15, 0.2) is 4.96 Å². The van der Waals surface area contributed by atoms with E-state index in [-0.39, 0.29) is 12.0 Å². The number of ether oxygens (including phenoxy) is 2. The molecular weight excluding hydrogens is 374 g/mol. The number of rotatable bonds is 4. The van der Waals surface area contributed by atoms with Crippen molar-refractivity contribution >= 4 is 33.8 Å². The largest absolute Gasteiger partial charge is 0.376 e. The number of amides is 1. The van der Waals surface area contributed by atoms with Crippen molar-refractivity contribution < 1.29 is 14.3 Å². The van der Waals surface area contributed by atoms with Crippen molar-refractivity contribution in [3.05, 3.63) is 46.6 Å². The topological polar surface area (TPSA) is 56.1 Å². The molecule has 3 heterocycles. The Morgan fingerprint density at radius 2 is 2.19 bits per heavy atom. The Bertz CT molecular complexity index is 916. The molecule has 0 spiro atoms. The van der Waals surface area contributed by atoms with Crippen LogP contribution in [0, 0.1) is 0 Å². The molecule has 4 rings (SSSR count). The van der Waals surface area contributed by atoms with Crippen LogP contribution in [0.2, 0.25) is 5.02 Å². The first kappa shape index (κ1) is 17.5. The summed E-state index contributed by atoms with van der Waals surface area (Å²) < 4.78 is 12.9. The Morgan fingerprint density at radius 1 is 1.38 bits per heavy atom. The fourth-order valence-corrected chi connectivity index (χ4v) is 3.90. The van der Waals surface area contributed by atoms with Crippen molar-refractivity contribution in [2.24, 2.45) is 0 Å². The monoisotopic (exact) mass is 391 g/mol. The van der Waals surface area contributed by atoms with E-state index in [2.05, 4.69) is 4.98 Å². The summed E-state index contributed by atoms with van der Waals surface area (Å²) in [5, 5.41) is 2.52. The second kappa shape index (κ2) is 7.36. The molecule has 1 fully saturated rings. The van der Waals surface area contributed by atoms with Crippen molar-refractivity contribution in [1.82, 2.24) is 14.3 Å². The first-order valence-corrected chi connectivity index (χ1v) is 9.55. The maximum Gasteiger partial charge on any atom is 0.271 e. The molecule has 0 bridgehead atoms. The second-order valence-electron chi connectivity index (χ2n) is 6.16. The summed E-state index contributed by atoms with van der Waals surface area (Å²) in [6, 6.07) is 7.50. The van der Waals surface area contributed by atoms with Crippen LogP contribution in [0.15, 0.2) is 35.8 Å². The number of benzene rings is 1. The summed E-state index contributed by atoms with van der Waals surface area (Å²) in [4.78, 5) is 19.9. The van der Waals surface area contributed by atoms with Gasteiger partial charge in [-0.05, 0) is 12.1 Å². The molecule has 1 saturated heterocycles. The van der Waals surface area contributed by atoms with Gasteiger partial charge in [0.2, 0.25) is 0 Å². The molecular formula is C18H18ClN3O3S. The first-order chi connectivity index (χ1) is 12.6. The summed E-state index contributed by atoms with van der Waals surface area (Å²) in [6.45, 7) is 2.20. The normalized spacial score (nSPS) is 17.5. The van der Waals surface area contributed by atoms with Crippen LogP contribution in [0.5, 0.6) is 0 Å². The highest BCUT2D eigenvalue weighted by molar-refractivity contribution is 7.15. The van der Waals surface area contributed by atoms with E-state index in [0.29, 0.717) is 37.1 Å². The van der Waals surface area contributed by atoms with Gasteiger partial charge in [-0.15, -0.1) is 11.3 Å². The lowest BCUT2D eigenvalue weighted by atomic mass is 10.2. The van der Waals surface area contributed by atoms with Gasteiger partial charge < -0.3 is 14.4 Å². The van der Waals surface area contributed by atoms with Crippen LogP contribution in [0.25, 0.3) is 16.2 Å². The van der Waals surface area contributed by atoms with E-state index >= 15 is 0 Å². The number of thiazole rings is 1. The number of hydrogen-bond donors (Lipinski definition) is 0. The summed E-state index contributed by atoms with van der Waals surface area (Å²) in [6.07, 6.45) is 1.80. The van der Waals surface area contributed by atoms with Crippen LogP contribution in [-0.2, 0) is 9.47 Å². The number of likely N-dealkylation sites (N-methyl/N-ethyl adjacent to an activating group) is 1. The van der Waals surface area contributed by atoms with E-state index in [1.807, 2.05) is 40.2 Å². The van der Waals surface area contributed by atoms with Crippen molar-refractivity contribution in [2.75, 3.05) is 33.4 Å². The van der Waals surface area contributed by atoms with Gasteiger partial charge in [0.25, 0.3) is 5.91 Å². The molecule has 3 aromatic rings. The highest BCUT2D eigenvalue weighted by Crippen LogP contribution is 2.25. The summed E-state index contributed by atoms with van der Waals surface area (Å²) >= 11 is 7.39. The SMILES string of the molecule is CN(C[C@H]1COCCO1)C(=O)c1csc2nc(-c3ccc(Cl)cc3)cn12. The van der Waals surface area contributed by atoms with Crippen LogP contribution in [-0.4, -0.2) is 59.7 Å². The van der Waals surface area contributed by atoms with Gasteiger partial charge in [-0.3, -0.25) is 9.20 Å². The lowest BCUT2D eigenvalue weighted by molar-refractivity contribution is -0.0933. The van der Waals surface area contributed by atoms with E-state index in [4.69, 9.17) is 21.1 Å². The fourth-order valence-electron chi connectivity index (χ4n) is 2.92. The Morgan fingerprint density at radius 3 is 2.92 bits per heavy atom. The molecule has 1 aliphatic heterocycles. The molecule has 0 N–H and O–H groups in total. The number of carbonyl (C=O) groups is 1. The number of carbonyl (C=O) groups excluding carboxylic acids is 1. The average molecular weight is 392 g/mol. The minimum absolute atomic E-state index is 0.0644. The van der Waals surface area contributed by atoms with Crippen molar-refractivity contribution in [2.45, 2.75) is 6.10 Å². The second-order valence-corrected chi connectivity index (χ2v) is 7.43. The molecule has 0 aliphatic carbocycles. The highest BCUT2D eigenvalue weighted by atomic mass is 35.5. The van der Waals surface area contributed by atoms with Crippen molar-refractivity contribution in [3.8, 4) is 11.3 Å². The third-order valence-electron chi connectivity index (χ3n) is 4.28. The van der Waals surface area contributed by atoms with Crippen LogP contribution in [0.4, 0.5) is 0 Å². The number of halogens is 1. The van der Waals surface area contributed by atoms with E-state index in [1.54, 1.807) is 11.9 Å². The first-order valence-electron chi connectivity index (χ1n) is 8.29. The molecule has 8 heteroatoms. The Hall–Kier alpha value is -1.93. The van der Waals surface area contributed by atoms with E-state index in [9.17, 15) is 4.79 Å². The van der Waals surface area contributed by atoms with Gasteiger partial charge >= 0.3 is 0 Å². The number of aromatic nitrogens is 2. The standard InChI is InChI=1S/C18H18ClN3O3S/c1-21(8-14-10-24-6-7-25-14)17(23)16-11-26-18-20-15(9-22(16)18)12-2-4-13(19)5-3-12/h2-5,9,11,14H,6-8,10H2,1H3/t14-/m0/s1. The van der Waals surface area contributed by atoms with Crippen LogP contribution < -0.4 is 0 Å². The minimum Gasteiger partial charge on any atom is -0.376 e. The van der Waals surface area contributed by atoms with Crippen LogP contribution in [0.1, 0.15) is 10.5 Å². The molecule has 1 aliphatic rings. The lowest BCUT2D eigenvalue weighted by Gasteiger charge is -2.27. The van der Waals surface area contributed by atoms with E-state index in [1.165, 1.54) is 11.3 Å². The molecule has 1 atom stereocenters. The van der Waals surface area contributed by atoms with Crippen LogP contribution >= 0.6 is 22.9 Å². The zero-order chi connectivity index (χ0) is 18.1. The number of imidazole rings is 1. The summed E-state index contributed by atoms with van der Waals surface area (Å²) in [7, 11) is 1.78.